The number of rotatable bonds is 5. The Kier molecular flexibility index (Phi) is 6.31. The summed E-state index contributed by atoms with van der Waals surface area (Å²) in [5, 5.41) is 3.84. The Balaban J connectivity index is 1.46. The molecule has 1 N–H and O–H groups in total. The molecule has 0 spiro atoms. The first kappa shape index (κ1) is 23.1. The van der Waals surface area contributed by atoms with Gasteiger partial charge in [-0.3, -0.25) is 4.79 Å². The van der Waals surface area contributed by atoms with Crippen LogP contribution >= 0.6 is 11.8 Å². The fourth-order valence-corrected chi connectivity index (χ4v) is 5.02. The monoisotopic (exact) mass is 481 g/mol. The van der Waals surface area contributed by atoms with Crippen LogP contribution in [0.4, 0.5) is 5.69 Å². The molecule has 0 bridgehead atoms. The number of para-hydroxylation sites is 1. The van der Waals surface area contributed by atoms with Gasteiger partial charge in [-0.1, -0.05) is 77.5 Å². The van der Waals surface area contributed by atoms with E-state index in [2.05, 4.69) is 25.2 Å². The lowest BCUT2D eigenvalue weighted by Crippen LogP contribution is -2.16. The van der Waals surface area contributed by atoms with Crippen molar-refractivity contribution in [2.75, 3.05) is 11.1 Å². The summed E-state index contributed by atoms with van der Waals surface area (Å²) in [5.41, 5.74) is 8.25. The molecule has 0 saturated carbocycles. The van der Waals surface area contributed by atoms with E-state index in [1.165, 1.54) is 22.9 Å². The number of thioether (sulfide) groups is 1. The fraction of sp³-hybridized carbons (Fsp3) is 0.207. The quantitative estimate of drug-likeness (QED) is 0.221. The van der Waals surface area contributed by atoms with Crippen LogP contribution in [0, 0.1) is 27.7 Å². The van der Waals surface area contributed by atoms with Crippen molar-refractivity contribution < 1.29 is 9.53 Å². The zero-order valence-corrected chi connectivity index (χ0v) is 21.1. The van der Waals surface area contributed by atoms with Crippen LogP contribution in [-0.4, -0.2) is 21.6 Å². The van der Waals surface area contributed by atoms with Crippen LogP contribution in [0.3, 0.4) is 0 Å². The van der Waals surface area contributed by atoms with Gasteiger partial charge < -0.3 is 10.1 Å². The number of carbonyl (C=O) groups excluding carboxylic acids is 1. The predicted octanol–water partition coefficient (Wildman–Crippen LogP) is 6.80. The van der Waals surface area contributed by atoms with E-state index in [1.807, 2.05) is 68.4 Å². The van der Waals surface area contributed by atoms with E-state index in [0.29, 0.717) is 18.1 Å². The van der Waals surface area contributed by atoms with E-state index in [1.54, 1.807) is 0 Å². The van der Waals surface area contributed by atoms with Gasteiger partial charge in [0.1, 0.15) is 10.8 Å². The fourth-order valence-electron chi connectivity index (χ4n) is 4.19. The molecule has 35 heavy (non-hydrogen) atoms. The zero-order chi connectivity index (χ0) is 24.5. The summed E-state index contributed by atoms with van der Waals surface area (Å²) in [6.07, 6.45) is 0.668. The molecule has 1 amide bonds. The summed E-state index contributed by atoms with van der Waals surface area (Å²) < 4.78 is 6.23. The van der Waals surface area contributed by atoms with Crippen molar-refractivity contribution in [3.8, 4) is 23.0 Å². The number of hydrogen-bond acceptors (Lipinski definition) is 5. The molecule has 176 valence electrons. The first-order valence-corrected chi connectivity index (χ1v) is 12.6. The van der Waals surface area contributed by atoms with Gasteiger partial charge in [-0.2, -0.15) is 4.98 Å². The molecule has 0 aliphatic carbocycles. The second-order valence-corrected chi connectivity index (χ2v) is 9.96. The average molecular weight is 482 g/mol. The molecule has 5 nitrogen and oxygen atoms in total. The number of anilines is 1. The standard InChI is InChI=1S/C29H27N3O2S/c1-17-8-11-21(12-9-17)27-31-28-23(15-22-14-18(2)10-13-24(22)34-28)29(32-27)35-16-25(33)30-26-19(3)6-5-7-20(26)4/h5-14H,15-16H2,1-4H3,(H,30,33). The molecule has 1 aromatic heterocycles. The number of carbonyl (C=O) groups is 1. The van der Waals surface area contributed by atoms with Crippen molar-refractivity contribution in [3.63, 3.8) is 0 Å². The minimum atomic E-state index is -0.0652. The minimum Gasteiger partial charge on any atom is -0.438 e. The van der Waals surface area contributed by atoms with Crippen molar-refractivity contribution >= 4 is 23.4 Å². The molecule has 6 heteroatoms. The zero-order valence-electron chi connectivity index (χ0n) is 20.3. The van der Waals surface area contributed by atoms with Crippen LogP contribution in [0.1, 0.15) is 33.4 Å². The van der Waals surface area contributed by atoms with Crippen LogP contribution in [0.25, 0.3) is 11.4 Å². The highest BCUT2D eigenvalue weighted by molar-refractivity contribution is 8.00. The van der Waals surface area contributed by atoms with Crippen LogP contribution in [-0.2, 0) is 11.2 Å². The van der Waals surface area contributed by atoms with E-state index in [0.717, 1.165) is 44.3 Å². The number of amides is 1. The summed E-state index contributed by atoms with van der Waals surface area (Å²) in [6.45, 7) is 8.12. The van der Waals surface area contributed by atoms with Gasteiger partial charge in [0.15, 0.2) is 5.82 Å². The first-order valence-electron chi connectivity index (χ1n) is 11.6. The molecule has 0 unspecified atom stereocenters. The van der Waals surface area contributed by atoms with Gasteiger partial charge in [-0.05, 0) is 50.5 Å². The third-order valence-corrected chi connectivity index (χ3v) is 7.13. The maximum absolute atomic E-state index is 12.9. The second kappa shape index (κ2) is 9.55. The Morgan fingerprint density at radius 2 is 1.66 bits per heavy atom. The molecule has 1 aliphatic rings. The van der Waals surface area contributed by atoms with Crippen molar-refractivity contribution in [1.29, 1.82) is 0 Å². The number of hydrogen-bond donors (Lipinski definition) is 1. The summed E-state index contributed by atoms with van der Waals surface area (Å²) in [5.74, 6) is 2.15. The van der Waals surface area contributed by atoms with Crippen molar-refractivity contribution in [3.05, 3.63) is 94.0 Å². The van der Waals surface area contributed by atoms with Crippen LogP contribution < -0.4 is 10.1 Å². The Morgan fingerprint density at radius 1 is 0.943 bits per heavy atom. The number of fused-ring (bicyclic) bond motifs is 2. The number of aromatic nitrogens is 2. The molecule has 2 heterocycles. The highest BCUT2D eigenvalue weighted by Gasteiger charge is 2.25. The van der Waals surface area contributed by atoms with Gasteiger partial charge in [0.05, 0.1) is 11.3 Å². The molecular formula is C29H27N3O2S. The summed E-state index contributed by atoms with van der Waals surface area (Å²) in [7, 11) is 0. The lowest BCUT2D eigenvalue weighted by Gasteiger charge is -2.22. The van der Waals surface area contributed by atoms with Crippen molar-refractivity contribution in [1.82, 2.24) is 9.97 Å². The smallest absolute Gasteiger partial charge is 0.234 e. The highest BCUT2D eigenvalue weighted by Crippen LogP contribution is 2.40. The largest absolute Gasteiger partial charge is 0.438 e. The molecule has 1 aliphatic heterocycles. The summed E-state index contributed by atoms with van der Waals surface area (Å²) >= 11 is 1.42. The van der Waals surface area contributed by atoms with Gasteiger partial charge in [0.25, 0.3) is 0 Å². The van der Waals surface area contributed by atoms with Gasteiger partial charge in [0, 0.05) is 17.7 Å². The van der Waals surface area contributed by atoms with Gasteiger partial charge in [-0.25, -0.2) is 4.98 Å². The number of nitrogens with zero attached hydrogens (tertiary/aromatic N) is 2. The van der Waals surface area contributed by atoms with Crippen molar-refractivity contribution in [2.24, 2.45) is 0 Å². The van der Waals surface area contributed by atoms with E-state index in [-0.39, 0.29) is 11.7 Å². The average Bonchev–Trinajstić information content (AvgIpc) is 2.84. The lowest BCUT2D eigenvalue weighted by atomic mass is 10.0. The Morgan fingerprint density at radius 3 is 2.40 bits per heavy atom. The number of nitrogens with one attached hydrogen (secondary N) is 1. The number of ether oxygens (including phenoxy) is 1. The topological polar surface area (TPSA) is 64.1 Å². The Hall–Kier alpha value is -3.64. The van der Waals surface area contributed by atoms with E-state index in [4.69, 9.17) is 14.7 Å². The Labute approximate surface area is 210 Å². The molecule has 5 rings (SSSR count). The third-order valence-electron chi connectivity index (χ3n) is 6.12. The molecular weight excluding hydrogens is 454 g/mol. The molecule has 0 atom stereocenters. The minimum absolute atomic E-state index is 0.0652. The van der Waals surface area contributed by atoms with Crippen molar-refractivity contribution in [2.45, 2.75) is 39.1 Å². The number of aryl methyl sites for hydroxylation is 4. The normalized spacial score (nSPS) is 11.9. The maximum Gasteiger partial charge on any atom is 0.234 e. The van der Waals surface area contributed by atoms with Gasteiger partial charge >= 0.3 is 0 Å². The van der Waals surface area contributed by atoms with E-state index in [9.17, 15) is 4.79 Å². The molecule has 0 radical (unpaired) electrons. The number of benzene rings is 3. The second-order valence-electron chi connectivity index (χ2n) is 9.00. The molecule has 4 aromatic rings. The van der Waals surface area contributed by atoms with Gasteiger partial charge in [-0.15, -0.1) is 0 Å². The van der Waals surface area contributed by atoms with Crippen LogP contribution in [0.15, 0.2) is 65.7 Å². The summed E-state index contributed by atoms with van der Waals surface area (Å²) in [6, 6.07) is 20.3. The molecule has 0 fully saturated rings. The maximum atomic E-state index is 12.9. The Bertz CT molecular complexity index is 1410. The predicted molar refractivity (Wildman–Crippen MR) is 142 cm³/mol. The first-order chi connectivity index (χ1) is 16.9. The summed E-state index contributed by atoms with van der Waals surface area (Å²) in [4.78, 5) is 22.5. The van der Waals surface area contributed by atoms with Crippen LogP contribution in [0.2, 0.25) is 0 Å². The van der Waals surface area contributed by atoms with E-state index < -0.39 is 0 Å². The van der Waals surface area contributed by atoms with Crippen LogP contribution in [0.5, 0.6) is 11.6 Å². The highest BCUT2D eigenvalue weighted by atomic mass is 32.2. The molecule has 0 saturated heterocycles. The SMILES string of the molecule is Cc1ccc(-c2nc3c(c(SCC(=O)Nc4c(C)cccc4C)n2)Cc2cc(C)ccc2O3)cc1. The lowest BCUT2D eigenvalue weighted by molar-refractivity contribution is -0.113. The van der Waals surface area contributed by atoms with E-state index >= 15 is 0 Å². The van der Waals surface area contributed by atoms with Gasteiger partial charge in [0.2, 0.25) is 11.8 Å². The molecule has 3 aromatic carbocycles. The third kappa shape index (κ3) is 4.93.